The van der Waals surface area contributed by atoms with E-state index in [1.807, 2.05) is 0 Å². The van der Waals surface area contributed by atoms with E-state index >= 15 is 0 Å². The summed E-state index contributed by atoms with van der Waals surface area (Å²) in [5, 5.41) is 0. The van der Waals surface area contributed by atoms with Crippen LogP contribution in [0.15, 0.2) is 35.2 Å². The van der Waals surface area contributed by atoms with E-state index in [-0.39, 0.29) is 64.3 Å². The molecule has 0 unspecified atom stereocenters. The Balaban J connectivity index is 0. The fourth-order valence-corrected chi connectivity index (χ4v) is 3.73. The van der Waals surface area contributed by atoms with Crippen molar-refractivity contribution in [3.63, 3.8) is 0 Å². The van der Waals surface area contributed by atoms with E-state index in [9.17, 15) is 8.42 Å². The summed E-state index contributed by atoms with van der Waals surface area (Å²) in [6.45, 7) is 2.54. The van der Waals surface area contributed by atoms with Crippen molar-refractivity contribution in [2.75, 3.05) is 6.61 Å². The van der Waals surface area contributed by atoms with Crippen LogP contribution in [0.4, 0.5) is 0 Å². The molecule has 25 heavy (non-hydrogen) atoms. The molecule has 140 valence electrons. The average Bonchev–Trinajstić information content (AvgIpc) is 2.60. The van der Waals surface area contributed by atoms with Crippen LogP contribution >= 0.6 is 0 Å². The molecule has 0 radical (unpaired) electrons. The van der Waals surface area contributed by atoms with Crippen LogP contribution in [0.1, 0.15) is 85.4 Å². The van der Waals surface area contributed by atoms with E-state index < -0.39 is 10.1 Å². The van der Waals surface area contributed by atoms with Crippen molar-refractivity contribution in [3.05, 3.63) is 30.3 Å². The van der Waals surface area contributed by atoms with Crippen LogP contribution in [-0.2, 0) is 14.3 Å². The zero-order chi connectivity index (χ0) is 17.5. The van der Waals surface area contributed by atoms with E-state index in [0.29, 0.717) is 0 Å². The van der Waals surface area contributed by atoms with Gasteiger partial charge in [0.15, 0.2) is 0 Å². The van der Waals surface area contributed by atoms with Crippen molar-refractivity contribution in [2.45, 2.75) is 88.9 Å². The maximum atomic E-state index is 11.9. The zero-order valence-electron chi connectivity index (χ0n) is 17.2. The third kappa shape index (κ3) is 13.6. The maximum absolute atomic E-state index is 11.9. The summed E-state index contributed by atoms with van der Waals surface area (Å²) < 4.78 is 28.9. The monoisotopic (exact) mass is 394 g/mol. The second-order valence-corrected chi connectivity index (χ2v) is 8.09. The second kappa shape index (κ2) is 16.9. The molecule has 0 saturated carbocycles. The summed E-state index contributed by atoms with van der Waals surface area (Å²) >= 11 is 0. The van der Waals surface area contributed by atoms with Gasteiger partial charge in [-0.2, -0.15) is 8.42 Å². The van der Waals surface area contributed by atoms with Gasteiger partial charge in [0.05, 0.1) is 11.5 Å². The molecule has 1 aromatic carbocycles. The van der Waals surface area contributed by atoms with Crippen LogP contribution in [0.25, 0.3) is 0 Å². The minimum Gasteiger partial charge on any atom is -1.00 e. The molecule has 0 heterocycles. The number of hydrogen-bond donors (Lipinski definition) is 0. The van der Waals surface area contributed by atoms with Crippen molar-refractivity contribution >= 4 is 10.1 Å². The first kappa shape index (κ1) is 25.8. The van der Waals surface area contributed by atoms with Gasteiger partial charge >= 0.3 is 51.4 Å². The predicted molar refractivity (Wildman–Crippen MR) is 102 cm³/mol. The first-order chi connectivity index (χ1) is 11.7. The van der Waals surface area contributed by atoms with Gasteiger partial charge in [-0.15, -0.1) is 0 Å². The maximum Gasteiger partial charge on any atom is 1.00 e. The van der Waals surface area contributed by atoms with Gasteiger partial charge in [-0.05, 0) is 18.6 Å². The van der Waals surface area contributed by atoms with Gasteiger partial charge in [0.25, 0.3) is 10.1 Å². The molecule has 0 spiro atoms. The Bertz CT molecular complexity index is 509. The van der Waals surface area contributed by atoms with Crippen LogP contribution < -0.4 is 51.4 Å². The van der Waals surface area contributed by atoms with Crippen molar-refractivity contribution in [2.24, 2.45) is 0 Å². The van der Waals surface area contributed by atoms with Crippen LogP contribution in [0.2, 0.25) is 0 Å². The molecule has 0 N–H and O–H groups in total. The van der Waals surface area contributed by atoms with Crippen molar-refractivity contribution in [1.82, 2.24) is 0 Å². The van der Waals surface area contributed by atoms with Crippen LogP contribution in [-0.4, -0.2) is 15.0 Å². The Morgan fingerprint density at radius 3 is 1.68 bits per heavy atom. The normalized spacial score (nSPS) is 11.2. The predicted octanol–water partition coefficient (Wildman–Crippen LogP) is 3.21. The Morgan fingerprint density at radius 1 is 0.760 bits per heavy atom. The first-order valence-corrected chi connectivity index (χ1v) is 11.0. The quantitative estimate of drug-likeness (QED) is 0.261. The van der Waals surface area contributed by atoms with Crippen molar-refractivity contribution < 1.29 is 65.4 Å². The molecule has 0 fully saturated rings. The molecule has 5 heteroatoms. The van der Waals surface area contributed by atoms with Gasteiger partial charge in [-0.1, -0.05) is 95.8 Å². The Morgan fingerprint density at radius 2 is 1.20 bits per heavy atom. The molecular weight excluding hydrogens is 359 g/mol. The molecular formula is C20H35KO3S. The van der Waals surface area contributed by atoms with E-state index in [1.165, 1.54) is 64.2 Å². The summed E-state index contributed by atoms with van der Waals surface area (Å²) in [7, 11) is -3.57. The molecule has 1 rings (SSSR count). The number of unbranched alkanes of at least 4 members (excludes halogenated alkanes) is 11. The van der Waals surface area contributed by atoms with Gasteiger partial charge in [0, 0.05) is 0 Å². The third-order valence-electron chi connectivity index (χ3n) is 4.27. The van der Waals surface area contributed by atoms with Gasteiger partial charge in [0.2, 0.25) is 0 Å². The van der Waals surface area contributed by atoms with E-state index in [0.717, 1.165) is 12.8 Å². The minimum atomic E-state index is -3.57. The fourth-order valence-electron chi connectivity index (χ4n) is 2.77. The van der Waals surface area contributed by atoms with Gasteiger partial charge in [0.1, 0.15) is 0 Å². The number of hydrogen-bond acceptors (Lipinski definition) is 3. The Labute approximate surface area is 199 Å². The van der Waals surface area contributed by atoms with Gasteiger partial charge < -0.3 is 1.43 Å². The smallest absolute Gasteiger partial charge is 1.00 e. The Hall–Kier alpha value is 0.766. The van der Waals surface area contributed by atoms with Crippen LogP contribution in [0.5, 0.6) is 0 Å². The minimum absolute atomic E-state index is 0. The standard InChI is InChI=1S/C20H34O3S.K.H/c1-2-3-4-5-6-7-8-9-10-11-12-16-19-23-24(21,22)20-17-14-13-15-18-20;;/h13-15,17-18H,2-12,16,19H2,1H3;;/q;+1;-1. The first-order valence-electron chi connectivity index (χ1n) is 9.61. The van der Waals surface area contributed by atoms with E-state index in [4.69, 9.17) is 4.18 Å². The molecule has 0 aliphatic rings. The molecule has 0 saturated heterocycles. The summed E-state index contributed by atoms with van der Waals surface area (Å²) in [6.07, 6.45) is 15.1. The van der Waals surface area contributed by atoms with Gasteiger partial charge in [-0.3, -0.25) is 4.18 Å². The largest absolute Gasteiger partial charge is 1.00 e. The zero-order valence-corrected chi connectivity index (χ0v) is 20.2. The van der Waals surface area contributed by atoms with Crippen molar-refractivity contribution in [3.8, 4) is 0 Å². The molecule has 3 nitrogen and oxygen atoms in total. The molecule has 0 aliphatic carbocycles. The number of benzene rings is 1. The van der Waals surface area contributed by atoms with Gasteiger partial charge in [-0.25, -0.2) is 0 Å². The summed E-state index contributed by atoms with van der Waals surface area (Å²) in [4.78, 5) is 0.240. The van der Waals surface area contributed by atoms with Crippen molar-refractivity contribution in [1.29, 1.82) is 0 Å². The molecule has 0 atom stereocenters. The topological polar surface area (TPSA) is 43.4 Å². The average molecular weight is 395 g/mol. The molecule has 0 amide bonds. The summed E-state index contributed by atoms with van der Waals surface area (Å²) in [5.41, 5.74) is 0. The molecule has 0 aromatic heterocycles. The van der Waals surface area contributed by atoms with E-state index in [1.54, 1.807) is 30.3 Å². The second-order valence-electron chi connectivity index (χ2n) is 6.48. The summed E-state index contributed by atoms with van der Waals surface area (Å²) in [5.74, 6) is 0. The number of rotatable bonds is 15. The van der Waals surface area contributed by atoms with E-state index in [2.05, 4.69) is 6.92 Å². The van der Waals surface area contributed by atoms with Crippen LogP contribution in [0, 0.1) is 0 Å². The SMILES string of the molecule is CCCCCCCCCCCCCCOS(=O)(=O)c1ccccc1.[H-].[K+]. The third-order valence-corrected chi connectivity index (χ3v) is 5.59. The Kier molecular flexibility index (Phi) is 17.4. The summed E-state index contributed by atoms with van der Waals surface area (Å²) in [6, 6.07) is 8.35. The molecule has 0 aliphatic heterocycles. The fraction of sp³-hybridized carbons (Fsp3) is 0.700. The molecule has 0 bridgehead atoms. The van der Waals surface area contributed by atoms with Crippen LogP contribution in [0.3, 0.4) is 0 Å². The molecule has 1 aromatic rings.